The van der Waals surface area contributed by atoms with Crippen molar-refractivity contribution in [3.05, 3.63) is 60.2 Å². The van der Waals surface area contributed by atoms with Crippen molar-refractivity contribution in [2.75, 3.05) is 6.54 Å². The predicted octanol–water partition coefficient (Wildman–Crippen LogP) is 4.49. The number of nitrogens with one attached hydrogen (secondary N) is 1. The lowest BCUT2D eigenvalue weighted by Crippen LogP contribution is -2.17. The molecule has 1 atom stereocenters. The van der Waals surface area contributed by atoms with Gasteiger partial charge in [-0.05, 0) is 41.0 Å². The van der Waals surface area contributed by atoms with Gasteiger partial charge in [0.25, 0.3) is 0 Å². The zero-order chi connectivity index (χ0) is 14.0. The highest BCUT2D eigenvalue weighted by atomic mass is 14.9. The maximum Gasteiger partial charge on any atom is 0.0205 e. The third-order valence-corrected chi connectivity index (χ3v) is 4.50. The minimum absolute atomic E-state index is 0.574. The van der Waals surface area contributed by atoms with E-state index in [1.807, 2.05) is 0 Å². The first-order valence-corrected chi connectivity index (χ1v) is 7.50. The molecule has 1 fully saturated rings. The zero-order valence-corrected chi connectivity index (χ0v) is 12.4. The molecule has 3 rings (SSSR count). The minimum Gasteiger partial charge on any atom is -0.312 e. The standard InChI is InChI=1S/C19H23N/c1-19(2)12-18(19)14-20-13-15-8-10-17(11-9-15)16-6-4-3-5-7-16/h3-11,18,20H,12-14H2,1-2H3. The van der Waals surface area contributed by atoms with Crippen molar-refractivity contribution in [2.45, 2.75) is 26.8 Å². The van der Waals surface area contributed by atoms with Gasteiger partial charge in [-0.25, -0.2) is 0 Å². The average Bonchev–Trinajstić information content (AvgIpc) is 3.08. The van der Waals surface area contributed by atoms with Crippen molar-refractivity contribution >= 4 is 0 Å². The summed E-state index contributed by atoms with van der Waals surface area (Å²) in [5.41, 5.74) is 4.51. The second-order valence-electron chi connectivity index (χ2n) is 6.58. The molecule has 20 heavy (non-hydrogen) atoms. The van der Waals surface area contributed by atoms with Crippen LogP contribution in [0.1, 0.15) is 25.8 Å². The molecule has 1 heteroatoms. The highest BCUT2D eigenvalue weighted by Crippen LogP contribution is 2.50. The Morgan fingerprint density at radius 3 is 2.15 bits per heavy atom. The van der Waals surface area contributed by atoms with E-state index in [-0.39, 0.29) is 0 Å². The van der Waals surface area contributed by atoms with Crippen LogP contribution in [0, 0.1) is 11.3 Å². The van der Waals surface area contributed by atoms with Gasteiger partial charge in [0.15, 0.2) is 0 Å². The van der Waals surface area contributed by atoms with Gasteiger partial charge < -0.3 is 5.32 Å². The SMILES string of the molecule is CC1(C)CC1CNCc1ccc(-c2ccccc2)cc1. The molecule has 0 bridgehead atoms. The minimum atomic E-state index is 0.574. The summed E-state index contributed by atoms with van der Waals surface area (Å²) in [6.07, 6.45) is 1.37. The van der Waals surface area contributed by atoms with Gasteiger partial charge in [-0.3, -0.25) is 0 Å². The second-order valence-corrected chi connectivity index (χ2v) is 6.58. The molecule has 1 unspecified atom stereocenters. The molecule has 0 aliphatic heterocycles. The number of hydrogen-bond donors (Lipinski definition) is 1. The van der Waals surface area contributed by atoms with Gasteiger partial charge in [0.2, 0.25) is 0 Å². The van der Waals surface area contributed by atoms with Crippen LogP contribution in [0.5, 0.6) is 0 Å². The van der Waals surface area contributed by atoms with Crippen LogP contribution >= 0.6 is 0 Å². The van der Waals surface area contributed by atoms with E-state index in [1.165, 1.54) is 23.1 Å². The third-order valence-electron chi connectivity index (χ3n) is 4.50. The zero-order valence-electron chi connectivity index (χ0n) is 12.4. The number of hydrogen-bond acceptors (Lipinski definition) is 1. The van der Waals surface area contributed by atoms with Gasteiger partial charge in [0, 0.05) is 6.54 Å². The summed E-state index contributed by atoms with van der Waals surface area (Å²) >= 11 is 0. The smallest absolute Gasteiger partial charge is 0.0205 e. The maximum absolute atomic E-state index is 3.58. The van der Waals surface area contributed by atoms with Crippen LogP contribution in [0.4, 0.5) is 0 Å². The van der Waals surface area contributed by atoms with Crippen molar-refractivity contribution in [2.24, 2.45) is 11.3 Å². The predicted molar refractivity (Wildman–Crippen MR) is 85.5 cm³/mol. The van der Waals surface area contributed by atoms with Crippen LogP contribution in [0.3, 0.4) is 0 Å². The largest absolute Gasteiger partial charge is 0.312 e. The Morgan fingerprint density at radius 2 is 1.55 bits per heavy atom. The third kappa shape index (κ3) is 3.10. The molecule has 0 radical (unpaired) electrons. The highest BCUT2D eigenvalue weighted by Gasteiger charge is 2.44. The molecule has 0 aromatic heterocycles. The van der Waals surface area contributed by atoms with E-state index < -0.39 is 0 Å². The molecule has 0 spiro atoms. The molecule has 1 saturated carbocycles. The number of benzene rings is 2. The van der Waals surface area contributed by atoms with Crippen LogP contribution in [0.2, 0.25) is 0 Å². The summed E-state index contributed by atoms with van der Waals surface area (Å²) in [6.45, 7) is 6.83. The van der Waals surface area contributed by atoms with E-state index in [1.54, 1.807) is 0 Å². The summed E-state index contributed by atoms with van der Waals surface area (Å²) < 4.78 is 0. The van der Waals surface area contributed by atoms with Crippen molar-refractivity contribution in [1.29, 1.82) is 0 Å². The molecule has 2 aromatic carbocycles. The summed E-state index contributed by atoms with van der Waals surface area (Å²) in [6, 6.07) is 19.4. The Balaban J connectivity index is 1.54. The Bertz CT molecular complexity index is 554. The van der Waals surface area contributed by atoms with Crippen molar-refractivity contribution in [1.82, 2.24) is 5.32 Å². The summed E-state index contributed by atoms with van der Waals surface area (Å²) in [5, 5.41) is 3.58. The van der Waals surface area contributed by atoms with Crippen LogP contribution in [0.15, 0.2) is 54.6 Å². The maximum atomic E-state index is 3.58. The fourth-order valence-electron chi connectivity index (χ4n) is 2.76. The van der Waals surface area contributed by atoms with Gasteiger partial charge in [-0.2, -0.15) is 0 Å². The van der Waals surface area contributed by atoms with Crippen molar-refractivity contribution in [3.63, 3.8) is 0 Å². The Hall–Kier alpha value is -1.60. The van der Waals surface area contributed by atoms with Gasteiger partial charge in [0.05, 0.1) is 0 Å². The van der Waals surface area contributed by atoms with Crippen molar-refractivity contribution < 1.29 is 0 Å². The van der Waals surface area contributed by atoms with E-state index in [0.717, 1.165) is 19.0 Å². The molecule has 104 valence electrons. The van der Waals surface area contributed by atoms with E-state index in [9.17, 15) is 0 Å². The van der Waals surface area contributed by atoms with Gasteiger partial charge in [0.1, 0.15) is 0 Å². The van der Waals surface area contributed by atoms with Crippen LogP contribution < -0.4 is 5.32 Å². The lowest BCUT2D eigenvalue weighted by Gasteiger charge is -2.07. The lowest BCUT2D eigenvalue weighted by atomic mass is 10.0. The van der Waals surface area contributed by atoms with E-state index in [4.69, 9.17) is 0 Å². The topological polar surface area (TPSA) is 12.0 Å². The first kappa shape index (κ1) is 13.4. The Kier molecular flexibility index (Phi) is 3.62. The first-order chi connectivity index (χ1) is 9.65. The van der Waals surface area contributed by atoms with E-state index >= 15 is 0 Å². The van der Waals surface area contributed by atoms with Gasteiger partial charge in [-0.1, -0.05) is 68.4 Å². The molecule has 1 N–H and O–H groups in total. The molecule has 0 heterocycles. The lowest BCUT2D eigenvalue weighted by molar-refractivity contribution is 0.519. The Morgan fingerprint density at radius 1 is 0.950 bits per heavy atom. The molecule has 1 aliphatic carbocycles. The monoisotopic (exact) mass is 265 g/mol. The molecule has 0 amide bonds. The second kappa shape index (κ2) is 5.41. The molecular formula is C19H23N. The van der Waals surface area contributed by atoms with Crippen LogP contribution in [0.25, 0.3) is 11.1 Å². The van der Waals surface area contributed by atoms with E-state index in [0.29, 0.717) is 5.41 Å². The van der Waals surface area contributed by atoms with E-state index in [2.05, 4.69) is 73.8 Å². The molecule has 1 nitrogen and oxygen atoms in total. The van der Waals surface area contributed by atoms with Gasteiger partial charge >= 0.3 is 0 Å². The van der Waals surface area contributed by atoms with Gasteiger partial charge in [-0.15, -0.1) is 0 Å². The summed E-state index contributed by atoms with van der Waals surface area (Å²) in [4.78, 5) is 0. The average molecular weight is 265 g/mol. The fraction of sp³-hybridized carbons (Fsp3) is 0.368. The van der Waals surface area contributed by atoms with Crippen LogP contribution in [-0.4, -0.2) is 6.54 Å². The van der Waals surface area contributed by atoms with Crippen molar-refractivity contribution in [3.8, 4) is 11.1 Å². The molecular weight excluding hydrogens is 242 g/mol. The fourth-order valence-corrected chi connectivity index (χ4v) is 2.76. The Labute approximate surface area is 122 Å². The molecule has 0 saturated heterocycles. The first-order valence-electron chi connectivity index (χ1n) is 7.50. The van der Waals surface area contributed by atoms with Crippen LogP contribution in [-0.2, 0) is 6.54 Å². The summed E-state index contributed by atoms with van der Waals surface area (Å²) in [5.74, 6) is 0.867. The summed E-state index contributed by atoms with van der Waals surface area (Å²) in [7, 11) is 0. The highest BCUT2D eigenvalue weighted by molar-refractivity contribution is 5.63. The molecule has 2 aromatic rings. The molecule has 1 aliphatic rings. The quantitative estimate of drug-likeness (QED) is 0.840. The normalized spacial score (nSPS) is 19.8. The number of rotatable bonds is 5.